The second-order valence-electron chi connectivity index (χ2n) is 4.92. The molecule has 0 bridgehead atoms. The van der Waals surface area contributed by atoms with Crippen LogP contribution in [0.2, 0.25) is 0 Å². The predicted molar refractivity (Wildman–Crippen MR) is 76.2 cm³/mol. The van der Waals surface area contributed by atoms with Gasteiger partial charge in [0.05, 0.1) is 6.61 Å². The van der Waals surface area contributed by atoms with Gasteiger partial charge in [0.1, 0.15) is 5.75 Å². The third-order valence-electron chi connectivity index (χ3n) is 3.43. The zero-order chi connectivity index (χ0) is 13.3. The van der Waals surface area contributed by atoms with Gasteiger partial charge in [-0.2, -0.15) is 0 Å². The minimum absolute atomic E-state index is 0.171. The van der Waals surface area contributed by atoms with Crippen molar-refractivity contribution in [1.82, 2.24) is 4.57 Å². The van der Waals surface area contributed by atoms with Crippen molar-refractivity contribution in [1.29, 1.82) is 0 Å². The summed E-state index contributed by atoms with van der Waals surface area (Å²) in [6.07, 6.45) is 0.902. The summed E-state index contributed by atoms with van der Waals surface area (Å²) in [5.41, 5.74) is 9.82. The van der Waals surface area contributed by atoms with Crippen molar-refractivity contribution >= 4 is 10.9 Å². The maximum atomic E-state index is 5.95. The molecular formula is C15H22N2O. The van der Waals surface area contributed by atoms with E-state index in [0.29, 0.717) is 6.61 Å². The molecule has 0 saturated carbocycles. The number of aryl methyl sites for hydroxylation is 1. The van der Waals surface area contributed by atoms with Crippen molar-refractivity contribution < 1.29 is 4.74 Å². The normalized spacial score (nSPS) is 12.9. The molecule has 0 aliphatic heterocycles. The van der Waals surface area contributed by atoms with Crippen LogP contribution in [0.3, 0.4) is 0 Å². The maximum Gasteiger partial charge on any atom is 0.120 e. The van der Waals surface area contributed by atoms with E-state index < -0.39 is 0 Å². The van der Waals surface area contributed by atoms with Crippen molar-refractivity contribution in [2.45, 2.75) is 33.2 Å². The van der Waals surface area contributed by atoms with Crippen LogP contribution < -0.4 is 10.5 Å². The zero-order valence-corrected chi connectivity index (χ0v) is 11.7. The molecule has 18 heavy (non-hydrogen) atoms. The lowest BCUT2D eigenvalue weighted by Gasteiger charge is -2.06. The number of fused-ring (bicyclic) bond motifs is 1. The molecule has 2 N–H and O–H groups in total. The highest BCUT2D eigenvalue weighted by molar-refractivity contribution is 5.87. The Morgan fingerprint density at radius 1 is 1.39 bits per heavy atom. The quantitative estimate of drug-likeness (QED) is 0.901. The van der Waals surface area contributed by atoms with Crippen molar-refractivity contribution in [3.8, 4) is 5.75 Å². The molecule has 0 aliphatic carbocycles. The summed E-state index contributed by atoms with van der Waals surface area (Å²) in [7, 11) is 2.10. The molecule has 0 radical (unpaired) electrons. The van der Waals surface area contributed by atoms with E-state index in [-0.39, 0.29) is 6.04 Å². The van der Waals surface area contributed by atoms with Crippen molar-refractivity contribution in [2.75, 3.05) is 6.61 Å². The van der Waals surface area contributed by atoms with E-state index in [4.69, 9.17) is 10.5 Å². The minimum atomic E-state index is 0.171. The third kappa shape index (κ3) is 2.23. The second kappa shape index (κ2) is 5.02. The number of nitrogens with zero attached hydrogens (tertiary/aromatic N) is 1. The Balaban J connectivity index is 2.59. The maximum absolute atomic E-state index is 5.95. The number of hydrogen-bond donors (Lipinski definition) is 1. The van der Waals surface area contributed by atoms with E-state index in [2.05, 4.69) is 30.7 Å². The van der Waals surface area contributed by atoms with Gasteiger partial charge >= 0.3 is 0 Å². The van der Waals surface area contributed by atoms with Crippen LogP contribution in [0.15, 0.2) is 18.2 Å². The Morgan fingerprint density at radius 3 is 2.72 bits per heavy atom. The molecule has 1 unspecified atom stereocenters. The van der Waals surface area contributed by atoms with Gasteiger partial charge in [-0.25, -0.2) is 0 Å². The second-order valence-corrected chi connectivity index (χ2v) is 4.92. The molecule has 0 fully saturated rings. The molecule has 0 aliphatic rings. The van der Waals surface area contributed by atoms with Gasteiger partial charge in [0.25, 0.3) is 0 Å². The summed E-state index contributed by atoms with van der Waals surface area (Å²) in [6.45, 7) is 6.89. The highest BCUT2D eigenvalue weighted by atomic mass is 16.5. The Morgan fingerprint density at radius 2 is 2.11 bits per heavy atom. The third-order valence-corrected chi connectivity index (χ3v) is 3.43. The minimum Gasteiger partial charge on any atom is -0.494 e. The number of nitrogens with two attached hydrogens (primary N) is 1. The van der Waals surface area contributed by atoms with Gasteiger partial charge in [-0.05, 0) is 51.0 Å². The van der Waals surface area contributed by atoms with Crippen LogP contribution >= 0.6 is 0 Å². The van der Waals surface area contributed by atoms with Gasteiger partial charge < -0.3 is 15.0 Å². The summed E-state index contributed by atoms with van der Waals surface area (Å²) in [5, 5.41) is 1.26. The first-order chi connectivity index (χ1) is 8.54. The van der Waals surface area contributed by atoms with Crippen molar-refractivity contribution in [3.05, 3.63) is 29.5 Å². The van der Waals surface area contributed by atoms with Gasteiger partial charge in [-0.15, -0.1) is 0 Å². The molecule has 0 amide bonds. The van der Waals surface area contributed by atoms with E-state index in [1.165, 1.54) is 22.2 Å². The molecular weight excluding hydrogens is 224 g/mol. The fraction of sp³-hybridized carbons (Fsp3) is 0.467. The lowest BCUT2D eigenvalue weighted by Crippen LogP contribution is -2.18. The number of rotatable bonds is 4. The first kappa shape index (κ1) is 13.0. The lowest BCUT2D eigenvalue weighted by molar-refractivity contribution is 0.340. The van der Waals surface area contributed by atoms with Crippen LogP contribution in [0.25, 0.3) is 10.9 Å². The van der Waals surface area contributed by atoms with Gasteiger partial charge in [0, 0.05) is 29.7 Å². The average molecular weight is 246 g/mol. The van der Waals surface area contributed by atoms with Crippen LogP contribution in [-0.4, -0.2) is 17.2 Å². The SMILES string of the molecule is CCOc1ccc2c(c1)c(CC(C)N)c(C)n2C. The Bertz CT molecular complexity index is 555. The Kier molecular flexibility index (Phi) is 3.62. The molecule has 0 saturated heterocycles. The fourth-order valence-corrected chi connectivity index (χ4v) is 2.46. The standard InChI is InChI=1S/C15H22N2O/c1-5-18-12-6-7-15-14(9-12)13(8-10(2)16)11(3)17(15)4/h6-7,9-10H,5,8,16H2,1-4H3. The Labute approximate surface area is 109 Å². The molecule has 1 atom stereocenters. The molecule has 1 aromatic carbocycles. The molecule has 3 heteroatoms. The molecule has 1 heterocycles. The van der Waals surface area contributed by atoms with Gasteiger partial charge in [-0.3, -0.25) is 0 Å². The van der Waals surface area contributed by atoms with Crippen molar-refractivity contribution in [2.24, 2.45) is 12.8 Å². The monoisotopic (exact) mass is 246 g/mol. The van der Waals surface area contributed by atoms with Gasteiger partial charge in [-0.1, -0.05) is 0 Å². The highest BCUT2D eigenvalue weighted by Gasteiger charge is 2.13. The van der Waals surface area contributed by atoms with Crippen LogP contribution in [0, 0.1) is 6.92 Å². The first-order valence-electron chi connectivity index (χ1n) is 6.50. The molecule has 98 valence electrons. The smallest absolute Gasteiger partial charge is 0.120 e. The highest BCUT2D eigenvalue weighted by Crippen LogP contribution is 2.29. The summed E-state index contributed by atoms with van der Waals surface area (Å²) in [4.78, 5) is 0. The van der Waals surface area contributed by atoms with Crippen LogP contribution in [0.1, 0.15) is 25.1 Å². The molecule has 3 nitrogen and oxygen atoms in total. The van der Waals surface area contributed by atoms with Gasteiger partial charge in [0.2, 0.25) is 0 Å². The topological polar surface area (TPSA) is 40.2 Å². The van der Waals surface area contributed by atoms with E-state index in [1.807, 2.05) is 19.9 Å². The van der Waals surface area contributed by atoms with Crippen LogP contribution in [-0.2, 0) is 13.5 Å². The fourth-order valence-electron chi connectivity index (χ4n) is 2.46. The molecule has 2 aromatic rings. The summed E-state index contributed by atoms with van der Waals surface area (Å²) in [5.74, 6) is 0.932. The number of hydrogen-bond acceptors (Lipinski definition) is 2. The van der Waals surface area contributed by atoms with E-state index >= 15 is 0 Å². The van der Waals surface area contributed by atoms with E-state index in [1.54, 1.807) is 0 Å². The van der Waals surface area contributed by atoms with Crippen molar-refractivity contribution in [3.63, 3.8) is 0 Å². The zero-order valence-electron chi connectivity index (χ0n) is 11.7. The Hall–Kier alpha value is -1.48. The number of ether oxygens (including phenoxy) is 1. The average Bonchev–Trinajstić information content (AvgIpc) is 2.55. The number of benzene rings is 1. The van der Waals surface area contributed by atoms with E-state index in [9.17, 15) is 0 Å². The van der Waals surface area contributed by atoms with Crippen LogP contribution in [0.4, 0.5) is 0 Å². The first-order valence-corrected chi connectivity index (χ1v) is 6.50. The summed E-state index contributed by atoms with van der Waals surface area (Å²) in [6, 6.07) is 6.45. The lowest BCUT2D eigenvalue weighted by atomic mass is 10.0. The molecule has 2 rings (SSSR count). The summed E-state index contributed by atoms with van der Waals surface area (Å²) < 4.78 is 7.81. The molecule has 1 aromatic heterocycles. The largest absolute Gasteiger partial charge is 0.494 e. The van der Waals surface area contributed by atoms with Gasteiger partial charge in [0.15, 0.2) is 0 Å². The van der Waals surface area contributed by atoms with Crippen LogP contribution in [0.5, 0.6) is 5.75 Å². The number of aromatic nitrogens is 1. The predicted octanol–water partition coefficient (Wildman–Crippen LogP) is 2.78. The molecule has 0 spiro atoms. The van der Waals surface area contributed by atoms with E-state index in [0.717, 1.165) is 12.2 Å². The summed E-state index contributed by atoms with van der Waals surface area (Å²) >= 11 is 0.